The molecule has 6 heteroatoms. The predicted molar refractivity (Wildman–Crippen MR) is 63.8 cm³/mol. The van der Waals surface area contributed by atoms with Crippen LogP contribution in [0.5, 0.6) is 0 Å². The molecule has 0 heterocycles. The molecule has 0 saturated heterocycles. The van der Waals surface area contributed by atoms with Gasteiger partial charge in [-0.3, -0.25) is 0 Å². The zero-order valence-corrected chi connectivity index (χ0v) is 13.7. The average molecular weight is 282 g/mol. The topological polar surface area (TPSA) is 9.23 Å². The van der Waals surface area contributed by atoms with Crippen molar-refractivity contribution in [2.75, 3.05) is 13.2 Å². The molecular formula is C12H15BF3KO. The molecule has 0 N–H and O–H groups in total. The molecule has 0 saturated carbocycles. The molecule has 0 fully saturated rings. The number of hydrogen-bond donors (Lipinski definition) is 0. The SMILES string of the molecule is C=C(COCCCc1ccccc1)[B-](F)(F)F.[K+]. The van der Waals surface area contributed by atoms with Gasteiger partial charge in [-0.1, -0.05) is 30.3 Å². The molecule has 0 aliphatic heterocycles. The standard InChI is InChI=1S/C12H15BF3O.K/c1-11(13(14,15)16)10-17-9-5-8-12-6-3-2-4-7-12;/h2-4,6-7H,1,5,8-10H2;/q-1;+1. The zero-order chi connectivity index (χ0) is 12.7. The maximum absolute atomic E-state index is 12.1. The molecule has 18 heavy (non-hydrogen) atoms. The predicted octanol–water partition coefficient (Wildman–Crippen LogP) is 0.583. The van der Waals surface area contributed by atoms with Crippen molar-refractivity contribution < 1.29 is 69.1 Å². The van der Waals surface area contributed by atoms with Crippen LogP contribution in [0.1, 0.15) is 12.0 Å². The minimum Gasteiger partial charge on any atom is -0.445 e. The van der Waals surface area contributed by atoms with Crippen LogP contribution < -0.4 is 51.4 Å². The van der Waals surface area contributed by atoms with Gasteiger partial charge in [0, 0.05) is 13.2 Å². The van der Waals surface area contributed by atoms with Crippen molar-refractivity contribution in [2.24, 2.45) is 0 Å². The minimum atomic E-state index is -4.96. The van der Waals surface area contributed by atoms with Crippen LogP contribution in [-0.2, 0) is 11.2 Å². The van der Waals surface area contributed by atoms with Gasteiger partial charge in [0.25, 0.3) is 0 Å². The Morgan fingerprint density at radius 3 is 2.33 bits per heavy atom. The van der Waals surface area contributed by atoms with Crippen LogP contribution in [0.4, 0.5) is 12.9 Å². The fourth-order valence-electron chi connectivity index (χ4n) is 1.32. The van der Waals surface area contributed by atoms with Gasteiger partial charge in [-0.05, 0) is 18.4 Å². The Balaban J connectivity index is 0.00000289. The van der Waals surface area contributed by atoms with E-state index in [1.165, 1.54) is 0 Å². The molecule has 0 aliphatic rings. The van der Waals surface area contributed by atoms with Gasteiger partial charge in [-0.2, -0.15) is 0 Å². The van der Waals surface area contributed by atoms with Gasteiger partial charge in [-0.15, -0.1) is 12.1 Å². The van der Waals surface area contributed by atoms with Crippen molar-refractivity contribution in [1.29, 1.82) is 0 Å². The Morgan fingerprint density at radius 1 is 1.17 bits per heavy atom. The maximum Gasteiger partial charge on any atom is 1.00 e. The van der Waals surface area contributed by atoms with Crippen molar-refractivity contribution in [3.63, 3.8) is 0 Å². The summed E-state index contributed by atoms with van der Waals surface area (Å²) in [5, 5.41) is 0. The van der Waals surface area contributed by atoms with E-state index in [0.717, 1.165) is 12.0 Å². The Bertz CT molecular complexity index is 354. The summed E-state index contributed by atoms with van der Waals surface area (Å²) in [5.41, 5.74) is 0.389. The summed E-state index contributed by atoms with van der Waals surface area (Å²) in [6, 6.07) is 9.76. The van der Waals surface area contributed by atoms with E-state index in [1.54, 1.807) is 0 Å². The quantitative estimate of drug-likeness (QED) is 0.525. The smallest absolute Gasteiger partial charge is 0.445 e. The summed E-state index contributed by atoms with van der Waals surface area (Å²) in [6.07, 6.45) is 1.52. The van der Waals surface area contributed by atoms with E-state index in [1.807, 2.05) is 30.3 Å². The molecular weight excluding hydrogens is 267 g/mol. The first-order valence-electron chi connectivity index (χ1n) is 5.49. The third-order valence-electron chi connectivity index (χ3n) is 2.35. The Kier molecular flexibility index (Phi) is 9.55. The summed E-state index contributed by atoms with van der Waals surface area (Å²) >= 11 is 0. The van der Waals surface area contributed by atoms with Gasteiger partial charge in [0.1, 0.15) is 0 Å². The van der Waals surface area contributed by atoms with E-state index < -0.39 is 19.1 Å². The van der Waals surface area contributed by atoms with E-state index in [4.69, 9.17) is 4.74 Å². The van der Waals surface area contributed by atoms with Gasteiger partial charge in [0.05, 0.1) is 0 Å². The third-order valence-corrected chi connectivity index (χ3v) is 2.35. The van der Waals surface area contributed by atoms with Crippen LogP contribution in [-0.4, -0.2) is 20.2 Å². The Labute approximate surface area is 148 Å². The molecule has 0 unspecified atom stereocenters. The van der Waals surface area contributed by atoms with E-state index >= 15 is 0 Å². The molecule has 0 amide bonds. The number of halogens is 3. The molecule has 0 spiro atoms. The largest absolute Gasteiger partial charge is 1.00 e. The first-order chi connectivity index (χ1) is 8.00. The minimum absolute atomic E-state index is 0. The third kappa shape index (κ3) is 7.76. The molecule has 0 aliphatic carbocycles. The van der Waals surface area contributed by atoms with E-state index in [0.29, 0.717) is 13.0 Å². The van der Waals surface area contributed by atoms with E-state index in [-0.39, 0.29) is 51.4 Å². The molecule has 1 rings (SSSR count). The van der Waals surface area contributed by atoms with Crippen LogP contribution >= 0.6 is 0 Å². The first-order valence-corrected chi connectivity index (χ1v) is 5.49. The van der Waals surface area contributed by atoms with Crippen LogP contribution in [0.15, 0.2) is 42.4 Å². The van der Waals surface area contributed by atoms with Crippen molar-refractivity contribution in [3.8, 4) is 0 Å². The fourth-order valence-corrected chi connectivity index (χ4v) is 1.32. The van der Waals surface area contributed by atoms with E-state index in [2.05, 4.69) is 6.58 Å². The Hall–Kier alpha value is 0.411. The van der Waals surface area contributed by atoms with Gasteiger partial charge in [0.15, 0.2) is 0 Å². The van der Waals surface area contributed by atoms with Crippen molar-refractivity contribution in [3.05, 3.63) is 47.9 Å². The molecule has 0 aromatic heterocycles. The zero-order valence-electron chi connectivity index (χ0n) is 10.5. The number of benzene rings is 1. The van der Waals surface area contributed by atoms with Crippen molar-refractivity contribution in [1.82, 2.24) is 0 Å². The van der Waals surface area contributed by atoms with Crippen LogP contribution in [0, 0.1) is 0 Å². The second kappa shape index (κ2) is 9.34. The van der Waals surface area contributed by atoms with Gasteiger partial charge in [-0.25, -0.2) is 0 Å². The van der Waals surface area contributed by atoms with Crippen LogP contribution in [0.3, 0.4) is 0 Å². The van der Waals surface area contributed by atoms with Crippen molar-refractivity contribution in [2.45, 2.75) is 12.8 Å². The molecule has 0 radical (unpaired) electrons. The molecule has 0 bridgehead atoms. The van der Waals surface area contributed by atoms with Gasteiger partial charge >= 0.3 is 58.4 Å². The number of ether oxygens (including phenoxy) is 1. The molecule has 1 aromatic rings. The summed E-state index contributed by atoms with van der Waals surface area (Å²) in [5.74, 6) is 0. The number of hydrogen-bond acceptors (Lipinski definition) is 1. The molecule has 0 atom stereocenters. The second-order valence-corrected chi connectivity index (χ2v) is 3.87. The molecule has 1 nitrogen and oxygen atoms in total. The summed E-state index contributed by atoms with van der Waals surface area (Å²) in [4.78, 5) is 0. The maximum atomic E-state index is 12.1. The van der Waals surface area contributed by atoms with Gasteiger partial charge in [0.2, 0.25) is 0 Å². The van der Waals surface area contributed by atoms with Crippen molar-refractivity contribution >= 4 is 6.98 Å². The summed E-state index contributed by atoms with van der Waals surface area (Å²) < 4.78 is 41.3. The summed E-state index contributed by atoms with van der Waals surface area (Å²) in [7, 11) is 0. The Morgan fingerprint density at radius 2 is 1.78 bits per heavy atom. The van der Waals surface area contributed by atoms with Gasteiger partial charge < -0.3 is 17.7 Å². The fraction of sp³-hybridized carbons (Fsp3) is 0.333. The number of aryl methyl sites for hydroxylation is 1. The average Bonchev–Trinajstić information content (AvgIpc) is 2.28. The normalized spacial score (nSPS) is 10.8. The second-order valence-electron chi connectivity index (χ2n) is 3.87. The number of rotatable bonds is 7. The van der Waals surface area contributed by atoms with E-state index in [9.17, 15) is 12.9 Å². The molecule has 94 valence electrons. The monoisotopic (exact) mass is 282 g/mol. The van der Waals surface area contributed by atoms with Crippen LogP contribution in [0.2, 0.25) is 0 Å². The molecule has 1 aromatic carbocycles. The first kappa shape index (κ1) is 18.4. The van der Waals surface area contributed by atoms with Crippen LogP contribution in [0.25, 0.3) is 0 Å². The summed E-state index contributed by atoms with van der Waals surface area (Å²) in [6.45, 7) is -2.10.